The molecule has 1 N–H and O–H groups in total. The van der Waals surface area contributed by atoms with Gasteiger partial charge in [0.25, 0.3) is 0 Å². The van der Waals surface area contributed by atoms with E-state index in [1.54, 1.807) is 18.1 Å². The van der Waals surface area contributed by atoms with Crippen LogP contribution in [0.5, 0.6) is 5.75 Å². The Morgan fingerprint density at radius 1 is 1.23 bits per heavy atom. The minimum Gasteiger partial charge on any atom is -0.497 e. The summed E-state index contributed by atoms with van der Waals surface area (Å²) in [5.41, 5.74) is 3.10. The number of methoxy groups -OCH3 is 1. The Morgan fingerprint density at radius 3 is 2.91 bits per heavy atom. The smallest absolute Gasteiger partial charge is 0.322 e. The predicted molar refractivity (Wildman–Crippen MR) is 87.6 cm³/mol. The maximum atomic E-state index is 12.4. The summed E-state index contributed by atoms with van der Waals surface area (Å²) in [6.07, 6.45) is 0.821. The van der Waals surface area contributed by atoms with E-state index in [1.165, 1.54) is 5.56 Å². The van der Waals surface area contributed by atoms with Gasteiger partial charge in [0.1, 0.15) is 5.75 Å². The molecule has 2 aromatic carbocycles. The summed E-state index contributed by atoms with van der Waals surface area (Å²) < 4.78 is 5.16. The molecule has 3 rings (SSSR count). The van der Waals surface area contributed by atoms with Gasteiger partial charge in [-0.1, -0.05) is 23.7 Å². The molecule has 1 heterocycles. The molecule has 2 aromatic rings. The average molecular weight is 317 g/mol. The highest BCUT2D eigenvalue weighted by molar-refractivity contribution is 6.30. The SMILES string of the molecule is COc1cccc(NC(=O)N2CCc3cc(Cl)ccc3C2)c1. The molecule has 5 heteroatoms. The summed E-state index contributed by atoms with van der Waals surface area (Å²) in [4.78, 5) is 14.2. The van der Waals surface area contributed by atoms with Crippen LogP contribution in [0.1, 0.15) is 11.1 Å². The first-order valence-electron chi connectivity index (χ1n) is 7.13. The number of hydrogen-bond acceptors (Lipinski definition) is 2. The maximum absolute atomic E-state index is 12.4. The van der Waals surface area contributed by atoms with Crippen LogP contribution < -0.4 is 10.1 Å². The fourth-order valence-corrected chi connectivity index (χ4v) is 2.79. The third kappa shape index (κ3) is 3.17. The Morgan fingerprint density at radius 2 is 2.09 bits per heavy atom. The van der Waals surface area contributed by atoms with Crippen LogP contribution in [0.15, 0.2) is 42.5 Å². The Kier molecular flexibility index (Phi) is 4.20. The van der Waals surface area contributed by atoms with Crippen molar-refractivity contribution < 1.29 is 9.53 Å². The van der Waals surface area contributed by atoms with Crippen molar-refractivity contribution in [1.82, 2.24) is 4.90 Å². The summed E-state index contributed by atoms with van der Waals surface area (Å²) in [5, 5.41) is 3.65. The molecule has 114 valence electrons. The summed E-state index contributed by atoms with van der Waals surface area (Å²) in [6.45, 7) is 1.28. The Hall–Kier alpha value is -2.20. The van der Waals surface area contributed by atoms with Crippen LogP contribution >= 0.6 is 11.6 Å². The van der Waals surface area contributed by atoms with Crippen molar-refractivity contribution in [1.29, 1.82) is 0 Å². The normalized spacial score (nSPS) is 13.5. The van der Waals surface area contributed by atoms with E-state index in [0.717, 1.165) is 28.4 Å². The first-order valence-corrected chi connectivity index (χ1v) is 7.51. The summed E-state index contributed by atoms with van der Waals surface area (Å²) in [5.74, 6) is 0.719. The number of rotatable bonds is 2. The van der Waals surface area contributed by atoms with E-state index in [2.05, 4.69) is 5.32 Å². The highest BCUT2D eigenvalue weighted by Gasteiger charge is 2.20. The molecule has 0 unspecified atom stereocenters. The minimum atomic E-state index is -0.103. The minimum absolute atomic E-state index is 0.103. The molecule has 4 nitrogen and oxygen atoms in total. The molecule has 0 fully saturated rings. The van der Waals surface area contributed by atoms with Crippen molar-refractivity contribution in [3.63, 3.8) is 0 Å². The van der Waals surface area contributed by atoms with Gasteiger partial charge in [0.2, 0.25) is 0 Å². The van der Waals surface area contributed by atoms with Crippen molar-refractivity contribution in [2.24, 2.45) is 0 Å². The lowest BCUT2D eigenvalue weighted by Crippen LogP contribution is -2.38. The van der Waals surface area contributed by atoms with Crippen molar-refractivity contribution in [3.05, 3.63) is 58.6 Å². The number of nitrogens with zero attached hydrogens (tertiary/aromatic N) is 1. The predicted octanol–water partition coefficient (Wildman–Crippen LogP) is 3.94. The van der Waals surface area contributed by atoms with Crippen LogP contribution in [0, 0.1) is 0 Å². The Labute approximate surface area is 134 Å². The topological polar surface area (TPSA) is 41.6 Å². The second-order valence-corrected chi connectivity index (χ2v) is 5.68. The van der Waals surface area contributed by atoms with E-state index in [0.29, 0.717) is 13.1 Å². The zero-order valence-corrected chi connectivity index (χ0v) is 13.1. The van der Waals surface area contributed by atoms with E-state index in [-0.39, 0.29) is 6.03 Å². The number of amides is 2. The fraction of sp³-hybridized carbons (Fsp3) is 0.235. The molecule has 0 saturated heterocycles. The number of carbonyl (C=O) groups excluding carboxylic acids is 1. The van der Waals surface area contributed by atoms with Crippen LogP contribution in [0.3, 0.4) is 0 Å². The number of fused-ring (bicyclic) bond motifs is 1. The number of urea groups is 1. The van der Waals surface area contributed by atoms with Gasteiger partial charge in [-0.3, -0.25) is 0 Å². The molecule has 0 aromatic heterocycles. The molecule has 0 atom stereocenters. The van der Waals surface area contributed by atoms with Crippen LogP contribution in [0.4, 0.5) is 10.5 Å². The lowest BCUT2D eigenvalue weighted by molar-refractivity contribution is 0.206. The molecular weight excluding hydrogens is 300 g/mol. The quantitative estimate of drug-likeness (QED) is 0.911. The lowest BCUT2D eigenvalue weighted by atomic mass is 10.0. The van der Waals surface area contributed by atoms with Crippen LogP contribution in [0.2, 0.25) is 5.02 Å². The van der Waals surface area contributed by atoms with Gasteiger partial charge in [-0.05, 0) is 41.8 Å². The molecule has 1 aliphatic rings. The Bertz CT molecular complexity index is 703. The van der Waals surface area contributed by atoms with Gasteiger partial charge < -0.3 is 15.0 Å². The first-order chi connectivity index (χ1) is 10.7. The number of benzene rings is 2. The molecule has 0 spiro atoms. The van der Waals surface area contributed by atoms with Gasteiger partial charge in [-0.25, -0.2) is 4.79 Å². The molecular formula is C17H17ClN2O2. The number of hydrogen-bond donors (Lipinski definition) is 1. The lowest BCUT2D eigenvalue weighted by Gasteiger charge is -2.29. The zero-order valence-electron chi connectivity index (χ0n) is 12.3. The molecule has 22 heavy (non-hydrogen) atoms. The van der Waals surface area contributed by atoms with Gasteiger partial charge in [-0.2, -0.15) is 0 Å². The van der Waals surface area contributed by atoms with Crippen LogP contribution in [0.25, 0.3) is 0 Å². The van der Waals surface area contributed by atoms with Crippen molar-refractivity contribution in [3.8, 4) is 5.75 Å². The molecule has 0 radical (unpaired) electrons. The second-order valence-electron chi connectivity index (χ2n) is 5.25. The molecule has 0 aliphatic carbocycles. The number of ether oxygens (including phenoxy) is 1. The standard InChI is InChI=1S/C17H17ClN2O2/c1-22-16-4-2-3-15(10-16)19-17(21)20-8-7-12-9-14(18)6-5-13(12)11-20/h2-6,9-10H,7-8,11H2,1H3,(H,19,21). The third-order valence-corrected chi connectivity index (χ3v) is 4.02. The number of carbonyl (C=O) groups is 1. The Balaban J connectivity index is 1.69. The van der Waals surface area contributed by atoms with Gasteiger partial charge in [0, 0.05) is 29.9 Å². The van der Waals surface area contributed by atoms with Crippen molar-refractivity contribution in [2.45, 2.75) is 13.0 Å². The van der Waals surface area contributed by atoms with Crippen LogP contribution in [-0.2, 0) is 13.0 Å². The summed E-state index contributed by atoms with van der Waals surface area (Å²) in [7, 11) is 1.60. The fourth-order valence-electron chi connectivity index (χ4n) is 2.60. The highest BCUT2D eigenvalue weighted by atomic mass is 35.5. The molecule has 0 saturated carbocycles. The third-order valence-electron chi connectivity index (χ3n) is 3.79. The average Bonchev–Trinajstić information content (AvgIpc) is 2.54. The first kappa shape index (κ1) is 14.7. The second kappa shape index (κ2) is 6.28. The van der Waals surface area contributed by atoms with Crippen LogP contribution in [-0.4, -0.2) is 24.6 Å². The van der Waals surface area contributed by atoms with E-state index in [4.69, 9.17) is 16.3 Å². The monoisotopic (exact) mass is 316 g/mol. The molecule has 0 bridgehead atoms. The summed E-state index contributed by atoms with van der Waals surface area (Å²) >= 11 is 6.01. The van der Waals surface area contributed by atoms with Gasteiger partial charge in [0.15, 0.2) is 0 Å². The van der Waals surface area contributed by atoms with E-state index >= 15 is 0 Å². The molecule has 2 amide bonds. The number of halogens is 1. The number of anilines is 1. The summed E-state index contributed by atoms with van der Waals surface area (Å²) in [6, 6.07) is 13.1. The van der Waals surface area contributed by atoms with E-state index in [1.807, 2.05) is 36.4 Å². The van der Waals surface area contributed by atoms with E-state index in [9.17, 15) is 4.79 Å². The van der Waals surface area contributed by atoms with Gasteiger partial charge in [0.05, 0.1) is 7.11 Å². The van der Waals surface area contributed by atoms with Crippen molar-refractivity contribution in [2.75, 3.05) is 19.0 Å². The molecule has 1 aliphatic heterocycles. The zero-order chi connectivity index (χ0) is 15.5. The highest BCUT2D eigenvalue weighted by Crippen LogP contribution is 2.23. The van der Waals surface area contributed by atoms with Crippen molar-refractivity contribution >= 4 is 23.3 Å². The van der Waals surface area contributed by atoms with Gasteiger partial charge in [-0.15, -0.1) is 0 Å². The number of nitrogens with one attached hydrogen (secondary N) is 1. The van der Waals surface area contributed by atoms with Gasteiger partial charge >= 0.3 is 6.03 Å². The van der Waals surface area contributed by atoms with E-state index < -0.39 is 0 Å². The largest absolute Gasteiger partial charge is 0.497 e. The maximum Gasteiger partial charge on any atom is 0.322 e.